The van der Waals surface area contributed by atoms with Crippen molar-refractivity contribution in [1.82, 2.24) is 15.2 Å². The predicted octanol–water partition coefficient (Wildman–Crippen LogP) is 3.41. The van der Waals surface area contributed by atoms with Gasteiger partial charge in [-0.15, -0.1) is 36.2 Å². The third-order valence-corrected chi connectivity index (χ3v) is 4.66. The highest BCUT2D eigenvalue weighted by molar-refractivity contribution is 7.09. The smallest absolute Gasteiger partial charge is 0.0945 e. The van der Waals surface area contributed by atoms with Crippen molar-refractivity contribution < 1.29 is 0 Å². The number of halogens is 2. The SMILES string of the molecule is Cc1ccc(-c2csc(CCN3CCNCC3)n2)cc1.Cl.Cl. The molecular weight excluding hydrogens is 337 g/mol. The molecule has 3 rings (SSSR count). The first-order valence-corrected chi connectivity index (χ1v) is 8.14. The Hall–Kier alpha value is -0.650. The zero-order valence-corrected chi connectivity index (χ0v) is 15.2. The van der Waals surface area contributed by atoms with Crippen molar-refractivity contribution in [3.05, 3.63) is 40.2 Å². The molecule has 0 amide bonds. The molecule has 0 radical (unpaired) electrons. The summed E-state index contributed by atoms with van der Waals surface area (Å²) in [7, 11) is 0. The lowest BCUT2D eigenvalue weighted by molar-refractivity contribution is 0.244. The van der Waals surface area contributed by atoms with Crippen molar-refractivity contribution in [2.75, 3.05) is 32.7 Å². The van der Waals surface area contributed by atoms with E-state index in [1.807, 2.05) is 0 Å². The first-order valence-electron chi connectivity index (χ1n) is 7.26. The molecule has 1 fully saturated rings. The summed E-state index contributed by atoms with van der Waals surface area (Å²) in [5.41, 5.74) is 3.63. The molecule has 0 saturated carbocycles. The fourth-order valence-electron chi connectivity index (χ4n) is 2.47. The van der Waals surface area contributed by atoms with Crippen LogP contribution in [0.3, 0.4) is 0 Å². The Bertz CT molecular complexity index is 551. The third-order valence-electron chi connectivity index (χ3n) is 3.75. The molecule has 6 heteroatoms. The third kappa shape index (κ3) is 5.21. The minimum Gasteiger partial charge on any atom is -0.314 e. The summed E-state index contributed by atoms with van der Waals surface area (Å²) in [5.74, 6) is 0. The highest BCUT2D eigenvalue weighted by atomic mass is 35.5. The van der Waals surface area contributed by atoms with E-state index in [9.17, 15) is 0 Å². The number of hydrogen-bond acceptors (Lipinski definition) is 4. The van der Waals surface area contributed by atoms with E-state index in [2.05, 4.69) is 46.8 Å². The molecule has 0 unspecified atom stereocenters. The average Bonchev–Trinajstić information content (AvgIpc) is 2.96. The maximum atomic E-state index is 4.77. The lowest BCUT2D eigenvalue weighted by Gasteiger charge is -2.26. The molecule has 1 N–H and O–H groups in total. The molecule has 0 aliphatic carbocycles. The summed E-state index contributed by atoms with van der Waals surface area (Å²) < 4.78 is 0. The van der Waals surface area contributed by atoms with Crippen molar-refractivity contribution in [2.24, 2.45) is 0 Å². The van der Waals surface area contributed by atoms with Gasteiger partial charge in [0.25, 0.3) is 0 Å². The Balaban J connectivity index is 0.00000121. The summed E-state index contributed by atoms with van der Waals surface area (Å²) >= 11 is 1.78. The molecule has 0 atom stereocenters. The summed E-state index contributed by atoms with van der Waals surface area (Å²) in [6, 6.07) is 8.61. The number of aromatic nitrogens is 1. The van der Waals surface area contributed by atoms with Gasteiger partial charge in [-0.05, 0) is 6.92 Å². The molecule has 122 valence electrons. The first-order chi connectivity index (χ1) is 9.81. The van der Waals surface area contributed by atoms with E-state index >= 15 is 0 Å². The Labute approximate surface area is 149 Å². The summed E-state index contributed by atoms with van der Waals surface area (Å²) in [6.07, 6.45) is 1.07. The topological polar surface area (TPSA) is 28.2 Å². The van der Waals surface area contributed by atoms with E-state index < -0.39 is 0 Å². The van der Waals surface area contributed by atoms with Gasteiger partial charge in [-0.1, -0.05) is 29.8 Å². The largest absolute Gasteiger partial charge is 0.314 e. The quantitative estimate of drug-likeness (QED) is 0.906. The monoisotopic (exact) mass is 359 g/mol. The van der Waals surface area contributed by atoms with Gasteiger partial charge >= 0.3 is 0 Å². The van der Waals surface area contributed by atoms with Crippen LogP contribution in [-0.2, 0) is 6.42 Å². The van der Waals surface area contributed by atoms with E-state index in [4.69, 9.17) is 4.98 Å². The number of thiazole rings is 1. The van der Waals surface area contributed by atoms with Crippen LogP contribution in [0.2, 0.25) is 0 Å². The van der Waals surface area contributed by atoms with E-state index in [-0.39, 0.29) is 24.8 Å². The zero-order valence-electron chi connectivity index (χ0n) is 12.7. The number of nitrogens with one attached hydrogen (secondary N) is 1. The Morgan fingerprint density at radius 2 is 1.82 bits per heavy atom. The number of piperazine rings is 1. The van der Waals surface area contributed by atoms with Crippen LogP contribution in [0, 0.1) is 6.92 Å². The van der Waals surface area contributed by atoms with Crippen molar-refractivity contribution >= 4 is 36.2 Å². The van der Waals surface area contributed by atoms with E-state index in [1.54, 1.807) is 11.3 Å². The Kier molecular flexibility index (Phi) is 8.36. The molecular formula is C16H23Cl2N3S. The van der Waals surface area contributed by atoms with Gasteiger partial charge in [0.05, 0.1) is 10.7 Å². The van der Waals surface area contributed by atoms with Crippen LogP contribution in [0.5, 0.6) is 0 Å². The van der Waals surface area contributed by atoms with E-state index in [0.29, 0.717) is 0 Å². The van der Waals surface area contributed by atoms with Crippen LogP contribution < -0.4 is 5.32 Å². The fraction of sp³-hybridized carbons (Fsp3) is 0.438. The number of rotatable bonds is 4. The minimum absolute atomic E-state index is 0. The number of aryl methyl sites for hydroxylation is 1. The van der Waals surface area contributed by atoms with Gasteiger partial charge in [0.1, 0.15) is 0 Å². The van der Waals surface area contributed by atoms with Gasteiger partial charge < -0.3 is 10.2 Å². The van der Waals surface area contributed by atoms with E-state index in [0.717, 1.165) is 44.8 Å². The van der Waals surface area contributed by atoms with E-state index in [1.165, 1.54) is 16.1 Å². The van der Waals surface area contributed by atoms with Crippen molar-refractivity contribution in [2.45, 2.75) is 13.3 Å². The van der Waals surface area contributed by atoms with Gasteiger partial charge in [0.15, 0.2) is 0 Å². The Morgan fingerprint density at radius 3 is 2.50 bits per heavy atom. The number of nitrogens with zero attached hydrogens (tertiary/aromatic N) is 2. The number of hydrogen-bond donors (Lipinski definition) is 1. The molecule has 1 saturated heterocycles. The maximum Gasteiger partial charge on any atom is 0.0945 e. The van der Waals surface area contributed by atoms with Crippen molar-refractivity contribution in [3.8, 4) is 11.3 Å². The summed E-state index contributed by atoms with van der Waals surface area (Å²) in [4.78, 5) is 7.29. The highest BCUT2D eigenvalue weighted by Gasteiger charge is 2.10. The van der Waals surface area contributed by atoms with Gasteiger partial charge in [0.2, 0.25) is 0 Å². The molecule has 0 spiro atoms. The lowest BCUT2D eigenvalue weighted by Crippen LogP contribution is -2.44. The standard InChI is InChI=1S/C16H21N3S.2ClH/c1-13-2-4-14(5-3-13)15-12-20-16(18-15)6-9-19-10-7-17-8-11-19;;/h2-5,12,17H,6-11H2,1H3;2*1H. The highest BCUT2D eigenvalue weighted by Crippen LogP contribution is 2.22. The van der Waals surface area contributed by atoms with Crippen molar-refractivity contribution in [1.29, 1.82) is 0 Å². The molecule has 1 aromatic carbocycles. The lowest BCUT2D eigenvalue weighted by atomic mass is 10.1. The van der Waals surface area contributed by atoms with Crippen LogP contribution >= 0.6 is 36.2 Å². The van der Waals surface area contributed by atoms with Gasteiger partial charge in [-0.3, -0.25) is 0 Å². The molecule has 0 bridgehead atoms. The average molecular weight is 360 g/mol. The molecule has 1 aliphatic rings. The normalized spacial score (nSPS) is 15.0. The molecule has 1 aromatic heterocycles. The number of benzene rings is 1. The van der Waals surface area contributed by atoms with Crippen LogP contribution in [0.4, 0.5) is 0 Å². The molecule has 2 aromatic rings. The molecule has 3 nitrogen and oxygen atoms in total. The second-order valence-electron chi connectivity index (χ2n) is 5.33. The van der Waals surface area contributed by atoms with Gasteiger partial charge in [0, 0.05) is 50.1 Å². The molecule has 2 heterocycles. The van der Waals surface area contributed by atoms with Gasteiger partial charge in [-0.2, -0.15) is 0 Å². The second kappa shape index (κ2) is 9.48. The summed E-state index contributed by atoms with van der Waals surface area (Å²) in [6.45, 7) is 7.80. The Morgan fingerprint density at radius 1 is 1.14 bits per heavy atom. The van der Waals surface area contributed by atoms with Crippen LogP contribution in [0.1, 0.15) is 10.6 Å². The molecule has 22 heavy (non-hydrogen) atoms. The first kappa shape index (κ1) is 19.4. The second-order valence-corrected chi connectivity index (χ2v) is 6.28. The maximum absolute atomic E-state index is 4.77. The van der Waals surface area contributed by atoms with Crippen LogP contribution in [0.25, 0.3) is 11.3 Å². The minimum atomic E-state index is 0. The fourth-order valence-corrected chi connectivity index (χ4v) is 3.27. The summed E-state index contributed by atoms with van der Waals surface area (Å²) in [5, 5.41) is 6.82. The van der Waals surface area contributed by atoms with Gasteiger partial charge in [-0.25, -0.2) is 4.98 Å². The van der Waals surface area contributed by atoms with Crippen molar-refractivity contribution in [3.63, 3.8) is 0 Å². The van der Waals surface area contributed by atoms with Crippen LogP contribution in [0.15, 0.2) is 29.6 Å². The zero-order chi connectivity index (χ0) is 13.8. The van der Waals surface area contributed by atoms with Crippen LogP contribution in [-0.4, -0.2) is 42.6 Å². The molecule has 1 aliphatic heterocycles. The predicted molar refractivity (Wildman–Crippen MR) is 99.8 cm³/mol.